The lowest BCUT2D eigenvalue weighted by molar-refractivity contribution is -0.121. The molecule has 1 unspecified atom stereocenters. The van der Waals surface area contributed by atoms with E-state index in [9.17, 15) is 14.0 Å². The van der Waals surface area contributed by atoms with Gasteiger partial charge in [0.2, 0.25) is 5.91 Å². The molecule has 0 aliphatic rings. The van der Waals surface area contributed by atoms with Crippen molar-refractivity contribution < 1.29 is 23.5 Å². The highest BCUT2D eigenvalue weighted by atomic mass is 19.1. The molecular formula is C23H29FN2O4. The minimum Gasteiger partial charge on any atom is -0.493 e. The molecule has 2 N–H and O–H groups in total. The van der Waals surface area contributed by atoms with E-state index >= 15 is 0 Å². The lowest BCUT2D eigenvalue weighted by Gasteiger charge is -2.18. The summed E-state index contributed by atoms with van der Waals surface area (Å²) in [6.07, 6.45) is 0.806. The summed E-state index contributed by atoms with van der Waals surface area (Å²) in [5, 5.41) is 5.67. The highest BCUT2D eigenvalue weighted by Gasteiger charge is 2.14. The molecule has 6 nitrogen and oxygen atoms in total. The van der Waals surface area contributed by atoms with Gasteiger partial charge in [0.05, 0.1) is 19.3 Å². The number of hydrogen-bond donors (Lipinski definition) is 2. The van der Waals surface area contributed by atoms with Crippen LogP contribution in [0.25, 0.3) is 0 Å². The van der Waals surface area contributed by atoms with E-state index in [4.69, 9.17) is 9.47 Å². The van der Waals surface area contributed by atoms with Crippen molar-refractivity contribution >= 4 is 11.8 Å². The molecule has 30 heavy (non-hydrogen) atoms. The molecule has 0 radical (unpaired) electrons. The number of halogens is 1. The molecule has 0 bridgehead atoms. The smallest absolute Gasteiger partial charge is 0.251 e. The van der Waals surface area contributed by atoms with E-state index in [1.807, 2.05) is 39.0 Å². The number of rotatable bonds is 10. The number of carbonyl (C=O) groups is 2. The summed E-state index contributed by atoms with van der Waals surface area (Å²) in [6.45, 7) is 6.13. The molecule has 2 aromatic rings. The highest BCUT2D eigenvalue weighted by molar-refractivity contribution is 5.94. The lowest BCUT2D eigenvalue weighted by Crippen LogP contribution is -2.29. The van der Waals surface area contributed by atoms with Crippen molar-refractivity contribution in [1.29, 1.82) is 0 Å². The summed E-state index contributed by atoms with van der Waals surface area (Å²) in [5.74, 6) is 0.481. The Kier molecular flexibility index (Phi) is 8.65. The van der Waals surface area contributed by atoms with Gasteiger partial charge in [-0.3, -0.25) is 9.59 Å². The van der Waals surface area contributed by atoms with Crippen LogP contribution in [0.4, 0.5) is 4.39 Å². The van der Waals surface area contributed by atoms with Gasteiger partial charge in [-0.2, -0.15) is 0 Å². The average molecular weight is 416 g/mol. The van der Waals surface area contributed by atoms with E-state index in [1.165, 1.54) is 24.3 Å². The molecule has 0 fully saturated rings. The van der Waals surface area contributed by atoms with Gasteiger partial charge in [0, 0.05) is 18.5 Å². The van der Waals surface area contributed by atoms with Crippen molar-refractivity contribution in [2.45, 2.75) is 45.8 Å². The summed E-state index contributed by atoms with van der Waals surface area (Å²) >= 11 is 0. The van der Waals surface area contributed by atoms with Crippen molar-refractivity contribution in [3.05, 3.63) is 59.4 Å². The Morgan fingerprint density at radius 1 is 1.03 bits per heavy atom. The van der Waals surface area contributed by atoms with Gasteiger partial charge >= 0.3 is 0 Å². The standard InChI is InChI=1S/C23H29FN2O4/c1-15(2)30-20-12-9-18(14-21(20)29-4)16(3)26-22(27)6-5-13-25-23(28)17-7-10-19(24)11-8-17/h7-12,14-16H,5-6,13H2,1-4H3,(H,25,28)(H,26,27). The summed E-state index contributed by atoms with van der Waals surface area (Å²) in [7, 11) is 1.58. The molecule has 0 spiro atoms. The molecule has 0 saturated carbocycles. The quantitative estimate of drug-likeness (QED) is 0.574. The predicted octanol–water partition coefficient (Wildman–Crippen LogP) is 4.01. The van der Waals surface area contributed by atoms with E-state index in [0.29, 0.717) is 30.0 Å². The monoisotopic (exact) mass is 416 g/mol. The van der Waals surface area contributed by atoms with Crippen LogP contribution in [0.5, 0.6) is 11.5 Å². The fourth-order valence-corrected chi connectivity index (χ4v) is 2.86. The molecule has 0 aliphatic heterocycles. The van der Waals surface area contributed by atoms with Gasteiger partial charge in [-0.05, 0) is 69.2 Å². The zero-order valence-electron chi connectivity index (χ0n) is 17.8. The third kappa shape index (κ3) is 7.06. The normalized spacial score (nSPS) is 11.7. The summed E-state index contributed by atoms with van der Waals surface area (Å²) < 4.78 is 24.0. The first kappa shape index (κ1) is 23.2. The van der Waals surface area contributed by atoms with Crippen LogP contribution in [0.3, 0.4) is 0 Å². The Morgan fingerprint density at radius 3 is 2.37 bits per heavy atom. The molecule has 2 aromatic carbocycles. The molecule has 7 heteroatoms. The Bertz CT molecular complexity index is 853. The predicted molar refractivity (Wildman–Crippen MR) is 113 cm³/mol. The Morgan fingerprint density at radius 2 is 1.73 bits per heavy atom. The zero-order valence-corrected chi connectivity index (χ0v) is 17.8. The molecule has 0 aromatic heterocycles. The van der Waals surface area contributed by atoms with Crippen LogP contribution < -0.4 is 20.1 Å². The molecule has 1 atom stereocenters. The van der Waals surface area contributed by atoms with Crippen molar-refractivity contribution in [2.24, 2.45) is 0 Å². The first-order valence-electron chi connectivity index (χ1n) is 9.98. The maximum absolute atomic E-state index is 12.9. The third-order valence-corrected chi connectivity index (χ3v) is 4.40. The molecule has 0 saturated heterocycles. The van der Waals surface area contributed by atoms with Gasteiger partial charge in [0.25, 0.3) is 5.91 Å². The van der Waals surface area contributed by atoms with E-state index in [1.54, 1.807) is 7.11 Å². The van der Waals surface area contributed by atoms with Crippen LogP contribution in [0.2, 0.25) is 0 Å². The first-order chi connectivity index (χ1) is 14.3. The van der Waals surface area contributed by atoms with E-state index in [2.05, 4.69) is 10.6 Å². The number of benzene rings is 2. The van der Waals surface area contributed by atoms with Gasteiger partial charge in [0.1, 0.15) is 5.82 Å². The third-order valence-electron chi connectivity index (χ3n) is 4.40. The van der Waals surface area contributed by atoms with Crippen molar-refractivity contribution in [1.82, 2.24) is 10.6 Å². The van der Waals surface area contributed by atoms with E-state index in [0.717, 1.165) is 5.56 Å². The highest BCUT2D eigenvalue weighted by Crippen LogP contribution is 2.31. The van der Waals surface area contributed by atoms with Gasteiger partial charge in [-0.1, -0.05) is 6.07 Å². The fourth-order valence-electron chi connectivity index (χ4n) is 2.86. The zero-order chi connectivity index (χ0) is 22.1. The number of ether oxygens (including phenoxy) is 2. The summed E-state index contributed by atoms with van der Waals surface area (Å²) in [6, 6.07) is 10.7. The van der Waals surface area contributed by atoms with E-state index < -0.39 is 5.82 Å². The van der Waals surface area contributed by atoms with Crippen LogP contribution >= 0.6 is 0 Å². The fraction of sp³-hybridized carbons (Fsp3) is 0.391. The van der Waals surface area contributed by atoms with Gasteiger partial charge < -0.3 is 20.1 Å². The Hall–Kier alpha value is -3.09. The second-order valence-corrected chi connectivity index (χ2v) is 7.23. The Labute approximate surface area is 176 Å². The van der Waals surface area contributed by atoms with E-state index in [-0.39, 0.29) is 30.4 Å². The minimum absolute atomic E-state index is 0.0328. The molecular weight excluding hydrogens is 387 g/mol. The van der Waals surface area contributed by atoms with Crippen molar-refractivity contribution in [2.75, 3.05) is 13.7 Å². The number of hydrogen-bond acceptors (Lipinski definition) is 4. The van der Waals surface area contributed by atoms with Gasteiger partial charge in [-0.25, -0.2) is 4.39 Å². The number of methoxy groups -OCH3 is 1. The largest absolute Gasteiger partial charge is 0.493 e. The Balaban J connectivity index is 1.79. The molecule has 2 amide bonds. The molecule has 0 aliphatic carbocycles. The lowest BCUT2D eigenvalue weighted by atomic mass is 10.1. The van der Waals surface area contributed by atoms with Crippen LogP contribution in [0.15, 0.2) is 42.5 Å². The topological polar surface area (TPSA) is 76.7 Å². The van der Waals surface area contributed by atoms with Crippen molar-refractivity contribution in [3.8, 4) is 11.5 Å². The number of amides is 2. The van der Waals surface area contributed by atoms with Gasteiger partial charge in [0.15, 0.2) is 11.5 Å². The maximum Gasteiger partial charge on any atom is 0.251 e. The SMILES string of the molecule is COc1cc(C(C)NC(=O)CCCNC(=O)c2ccc(F)cc2)ccc1OC(C)C. The number of carbonyl (C=O) groups excluding carboxylic acids is 2. The minimum atomic E-state index is -0.392. The van der Waals surface area contributed by atoms with Crippen molar-refractivity contribution in [3.63, 3.8) is 0 Å². The average Bonchev–Trinajstić information content (AvgIpc) is 2.71. The molecule has 2 rings (SSSR count). The molecule has 0 heterocycles. The molecule has 162 valence electrons. The first-order valence-corrected chi connectivity index (χ1v) is 9.98. The second-order valence-electron chi connectivity index (χ2n) is 7.23. The maximum atomic E-state index is 12.9. The van der Waals surface area contributed by atoms with Crippen LogP contribution in [0.1, 0.15) is 55.6 Å². The van der Waals surface area contributed by atoms with Crippen LogP contribution in [-0.4, -0.2) is 31.6 Å². The summed E-state index contributed by atoms with van der Waals surface area (Å²) in [5.41, 5.74) is 1.29. The summed E-state index contributed by atoms with van der Waals surface area (Å²) in [4.78, 5) is 24.2. The van der Waals surface area contributed by atoms with Crippen LogP contribution in [-0.2, 0) is 4.79 Å². The number of nitrogens with one attached hydrogen (secondary N) is 2. The van der Waals surface area contributed by atoms with Gasteiger partial charge in [-0.15, -0.1) is 0 Å². The van der Waals surface area contributed by atoms with Crippen LogP contribution in [0, 0.1) is 5.82 Å². The second kappa shape index (κ2) is 11.2.